The van der Waals surface area contributed by atoms with Crippen LogP contribution in [0.1, 0.15) is 18.1 Å². The molecule has 0 N–H and O–H groups in total. The van der Waals surface area contributed by atoms with E-state index in [0.717, 1.165) is 17.9 Å². The lowest BCUT2D eigenvalue weighted by Crippen LogP contribution is -1.85. The van der Waals surface area contributed by atoms with Gasteiger partial charge < -0.3 is 4.74 Å². The topological polar surface area (TPSA) is 9.23 Å². The molecule has 3 aromatic carbocycles. The average molecular weight is 288 g/mol. The van der Waals surface area contributed by atoms with Crippen molar-refractivity contribution in [3.05, 3.63) is 83.9 Å². The molecule has 0 amide bonds. The van der Waals surface area contributed by atoms with E-state index in [1.54, 1.807) is 0 Å². The van der Waals surface area contributed by atoms with Crippen LogP contribution in [0.3, 0.4) is 0 Å². The SMILES string of the molecule is CCc1ccc(-c2ccc(Oc3ccc(C)cc3)cc2)cc1. The van der Waals surface area contributed by atoms with Crippen LogP contribution in [0.25, 0.3) is 11.1 Å². The summed E-state index contributed by atoms with van der Waals surface area (Å²) < 4.78 is 5.86. The first kappa shape index (κ1) is 14.4. The zero-order chi connectivity index (χ0) is 15.4. The predicted octanol–water partition coefficient (Wildman–Crippen LogP) is 6.02. The Kier molecular flexibility index (Phi) is 4.24. The summed E-state index contributed by atoms with van der Waals surface area (Å²) in [6, 6.07) is 25.1. The van der Waals surface area contributed by atoms with Crippen LogP contribution in [0.15, 0.2) is 72.8 Å². The lowest BCUT2D eigenvalue weighted by Gasteiger charge is -2.08. The lowest BCUT2D eigenvalue weighted by molar-refractivity contribution is 0.482. The summed E-state index contributed by atoms with van der Waals surface area (Å²) in [7, 11) is 0. The molecule has 22 heavy (non-hydrogen) atoms. The highest BCUT2D eigenvalue weighted by molar-refractivity contribution is 5.64. The van der Waals surface area contributed by atoms with E-state index in [0.29, 0.717) is 0 Å². The average Bonchev–Trinajstić information content (AvgIpc) is 2.58. The molecule has 0 saturated heterocycles. The van der Waals surface area contributed by atoms with E-state index >= 15 is 0 Å². The third kappa shape index (κ3) is 3.37. The minimum absolute atomic E-state index is 0.859. The zero-order valence-corrected chi connectivity index (χ0v) is 13.0. The first-order valence-electron chi connectivity index (χ1n) is 7.68. The molecule has 1 nitrogen and oxygen atoms in total. The summed E-state index contributed by atoms with van der Waals surface area (Å²) in [5, 5.41) is 0. The molecule has 0 saturated carbocycles. The molecular formula is C21H20O. The van der Waals surface area contributed by atoms with Gasteiger partial charge in [-0.2, -0.15) is 0 Å². The first-order valence-corrected chi connectivity index (χ1v) is 7.68. The number of aryl methyl sites for hydroxylation is 2. The quantitative estimate of drug-likeness (QED) is 0.570. The van der Waals surface area contributed by atoms with Crippen molar-refractivity contribution < 1.29 is 4.74 Å². The first-order chi connectivity index (χ1) is 10.7. The molecule has 0 heterocycles. The van der Waals surface area contributed by atoms with Crippen molar-refractivity contribution in [3.8, 4) is 22.6 Å². The Hall–Kier alpha value is -2.54. The van der Waals surface area contributed by atoms with Gasteiger partial charge in [0.25, 0.3) is 0 Å². The van der Waals surface area contributed by atoms with Gasteiger partial charge in [-0.25, -0.2) is 0 Å². The molecule has 3 aromatic rings. The van der Waals surface area contributed by atoms with E-state index in [1.807, 2.05) is 24.3 Å². The molecule has 0 fully saturated rings. The maximum atomic E-state index is 5.86. The Balaban J connectivity index is 1.75. The van der Waals surface area contributed by atoms with Crippen LogP contribution in [0.4, 0.5) is 0 Å². The van der Waals surface area contributed by atoms with Gasteiger partial charge in [-0.3, -0.25) is 0 Å². The summed E-state index contributed by atoms with van der Waals surface area (Å²) in [4.78, 5) is 0. The van der Waals surface area contributed by atoms with Crippen molar-refractivity contribution in [2.45, 2.75) is 20.3 Å². The summed E-state index contributed by atoms with van der Waals surface area (Å²) in [6.07, 6.45) is 1.07. The standard InChI is InChI=1S/C21H20O/c1-3-17-6-8-18(9-7-17)19-10-14-21(15-11-19)22-20-12-4-16(2)5-13-20/h4-15H,3H2,1-2H3. The molecule has 0 bridgehead atoms. The Morgan fingerprint density at radius 2 is 1.09 bits per heavy atom. The van der Waals surface area contributed by atoms with E-state index in [9.17, 15) is 0 Å². The van der Waals surface area contributed by atoms with Gasteiger partial charge in [-0.1, -0.05) is 61.0 Å². The van der Waals surface area contributed by atoms with Crippen LogP contribution in [0.2, 0.25) is 0 Å². The van der Waals surface area contributed by atoms with Crippen molar-refractivity contribution >= 4 is 0 Å². The Morgan fingerprint density at radius 1 is 0.636 bits per heavy atom. The van der Waals surface area contributed by atoms with Gasteiger partial charge in [0.05, 0.1) is 0 Å². The fourth-order valence-electron chi connectivity index (χ4n) is 2.39. The predicted molar refractivity (Wildman–Crippen MR) is 92.5 cm³/mol. The van der Waals surface area contributed by atoms with Crippen molar-refractivity contribution in [1.82, 2.24) is 0 Å². The van der Waals surface area contributed by atoms with Gasteiger partial charge in [-0.15, -0.1) is 0 Å². The molecule has 0 radical (unpaired) electrons. The van der Waals surface area contributed by atoms with E-state index in [2.05, 4.69) is 62.4 Å². The van der Waals surface area contributed by atoms with E-state index in [4.69, 9.17) is 4.74 Å². The molecule has 0 aliphatic heterocycles. The van der Waals surface area contributed by atoms with E-state index < -0.39 is 0 Å². The van der Waals surface area contributed by atoms with Gasteiger partial charge in [0.2, 0.25) is 0 Å². The normalized spacial score (nSPS) is 10.5. The maximum Gasteiger partial charge on any atom is 0.127 e. The fourth-order valence-corrected chi connectivity index (χ4v) is 2.39. The number of benzene rings is 3. The molecule has 0 aromatic heterocycles. The molecule has 0 unspecified atom stereocenters. The molecule has 0 aliphatic carbocycles. The van der Waals surface area contributed by atoms with Crippen molar-refractivity contribution in [3.63, 3.8) is 0 Å². The van der Waals surface area contributed by atoms with Gasteiger partial charge in [0.15, 0.2) is 0 Å². The van der Waals surface area contributed by atoms with Crippen molar-refractivity contribution in [1.29, 1.82) is 0 Å². The third-order valence-corrected chi connectivity index (χ3v) is 3.81. The summed E-state index contributed by atoms with van der Waals surface area (Å²) in [5.41, 5.74) is 5.04. The number of ether oxygens (including phenoxy) is 1. The number of hydrogen-bond donors (Lipinski definition) is 0. The van der Waals surface area contributed by atoms with Gasteiger partial charge in [0.1, 0.15) is 11.5 Å². The number of rotatable bonds is 4. The van der Waals surface area contributed by atoms with E-state index in [1.165, 1.54) is 22.3 Å². The highest BCUT2D eigenvalue weighted by Crippen LogP contribution is 2.26. The molecule has 0 spiro atoms. The second-order valence-electron chi connectivity index (χ2n) is 5.49. The maximum absolute atomic E-state index is 5.86. The van der Waals surface area contributed by atoms with Crippen LogP contribution >= 0.6 is 0 Å². The second-order valence-corrected chi connectivity index (χ2v) is 5.49. The Labute approximate surface area is 132 Å². The molecule has 110 valence electrons. The van der Waals surface area contributed by atoms with Crippen LogP contribution in [0.5, 0.6) is 11.5 Å². The largest absolute Gasteiger partial charge is 0.457 e. The highest BCUT2D eigenvalue weighted by Gasteiger charge is 2.00. The smallest absolute Gasteiger partial charge is 0.127 e. The van der Waals surface area contributed by atoms with Crippen LogP contribution in [0, 0.1) is 6.92 Å². The van der Waals surface area contributed by atoms with Gasteiger partial charge in [0, 0.05) is 0 Å². The summed E-state index contributed by atoms with van der Waals surface area (Å²) >= 11 is 0. The fraction of sp³-hybridized carbons (Fsp3) is 0.143. The Morgan fingerprint density at radius 3 is 1.59 bits per heavy atom. The van der Waals surface area contributed by atoms with Crippen LogP contribution in [-0.4, -0.2) is 0 Å². The molecule has 0 atom stereocenters. The molecule has 1 heteroatoms. The van der Waals surface area contributed by atoms with Crippen molar-refractivity contribution in [2.75, 3.05) is 0 Å². The zero-order valence-electron chi connectivity index (χ0n) is 13.0. The molecule has 0 aliphatic rings. The second kappa shape index (κ2) is 6.48. The minimum Gasteiger partial charge on any atom is -0.457 e. The Bertz CT molecular complexity index is 722. The minimum atomic E-state index is 0.859. The number of hydrogen-bond acceptors (Lipinski definition) is 1. The monoisotopic (exact) mass is 288 g/mol. The third-order valence-electron chi connectivity index (χ3n) is 3.81. The lowest BCUT2D eigenvalue weighted by atomic mass is 10.0. The summed E-state index contributed by atoms with van der Waals surface area (Å²) in [6.45, 7) is 4.24. The van der Waals surface area contributed by atoms with E-state index in [-0.39, 0.29) is 0 Å². The van der Waals surface area contributed by atoms with Crippen LogP contribution in [-0.2, 0) is 6.42 Å². The highest BCUT2D eigenvalue weighted by atomic mass is 16.5. The van der Waals surface area contributed by atoms with Crippen molar-refractivity contribution in [2.24, 2.45) is 0 Å². The van der Waals surface area contributed by atoms with Gasteiger partial charge >= 0.3 is 0 Å². The van der Waals surface area contributed by atoms with Gasteiger partial charge in [-0.05, 0) is 54.3 Å². The molecule has 3 rings (SSSR count). The molecular weight excluding hydrogens is 268 g/mol. The van der Waals surface area contributed by atoms with Crippen LogP contribution < -0.4 is 4.74 Å². The summed E-state index contributed by atoms with van der Waals surface area (Å²) in [5.74, 6) is 1.73.